The van der Waals surface area contributed by atoms with Gasteiger partial charge in [-0.2, -0.15) is 5.10 Å². The zero-order valence-electron chi connectivity index (χ0n) is 12.0. The van der Waals surface area contributed by atoms with E-state index in [1.807, 2.05) is 0 Å². The Morgan fingerprint density at radius 1 is 1.14 bits per heavy atom. The molecule has 21 heavy (non-hydrogen) atoms. The van der Waals surface area contributed by atoms with Gasteiger partial charge in [0, 0.05) is 0 Å². The van der Waals surface area contributed by atoms with Gasteiger partial charge < -0.3 is 5.11 Å². The van der Waals surface area contributed by atoms with E-state index in [9.17, 15) is 13.5 Å². The molecule has 2 N–H and O–H groups in total. The fourth-order valence-corrected chi connectivity index (χ4v) is 2.65. The van der Waals surface area contributed by atoms with Crippen LogP contribution in [0.4, 0.5) is 5.95 Å². The van der Waals surface area contributed by atoms with Crippen molar-refractivity contribution in [3.8, 4) is 0 Å². The van der Waals surface area contributed by atoms with Gasteiger partial charge in [-0.1, -0.05) is 6.07 Å². The van der Waals surface area contributed by atoms with Crippen LogP contribution in [0.3, 0.4) is 0 Å². The van der Waals surface area contributed by atoms with E-state index in [0.29, 0.717) is 17.0 Å². The number of aliphatic hydroxyl groups excluding tert-OH is 1. The summed E-state index contributed by atoms with van der Waals surface area (Å²) in [4.78, 5) is 4.07. The SMILES string of the molecule is Cc1ccc(S(=O)(=O)Nc2nnc(C)c(C)n2)cc1CO. The number of aryl methyl sites for hydroxylation is 3. The number of hydrogen-bond acceptors (Lipinski definition) is 6. The molecule has 0 aliphatic rings. The van der Waals surface area contributed by atoms with Gasteiger partial charge in [0.05, 0.1) is 22.9 Å². The van der Waals surface area contributed by atoms with Crippen molar-refractivity contribution in [3.63, 3.8) is 0 Å². The first-order valence-electron chi connectivity index (χ1n) is 6.24. The van der Waals surface area contributed by atoms with Gasteiger partial charge in [0.25, 0.3) is 16.0 Å². The largest absolute Gasteiger partial charge is 0.392 e. The van der Waals surface area contributed by atoms with Crippen LogP contribution in [-0.2, 0) is 16.6 Å². The minimum absolute atomic E-state index is 0.0407. The molecule has 7 nitrogen and oxygen atoms in total. The summed E-state index contributed by atoms with van der Waals surface area (Å²) in [5, 5.41) is 16.7. The molecule has 1 heterocycles. The summed E-state index contributed by atoms with van der Waals surface area (Å²) < 4.78 is 26.8. The number of aromatic nitrogens is 3. The van der Waals surface area contributed by atoms with E-state index >= 15 is 0 Å². The van der Waals surface area contributed by atoms with Gasteiger partial charge in [0.15, 0.2) is 0 Å². The standard InChI is InChI=1S/C13H16N4O3S/c1-8-4-5-12(6-11(8)7-18)21(19,20)17-13-14-9(2)10(3)15-16-13/h4-6,18H,7H2,1-3H3,(H,14,16,17). The molecule has 0 saturated heterocycles. The lowest BCUT2D eigenvalue weighted by atomic mass is 10.1. The fourth-order valence-electron chi connectivity index (χ4n) is 1.66. The first-order chi connectivity index (χ1) is 9.83. The van der Waals surface area contributed by atoms with Crippen LogP contribution in [0.25, 0.3) is 0 Å². The normalized spacial score (nSPS) is 11.4. The molecule has 1 aromatic carbocycles. The van der Waals surface area contributed by atoms with Gasteiger partial charge in [-0.3, -0.25) is 0 Å². The lowest BCUT2D eigenvalue weighted by Gasteiger charge is -2.09. The number of rotatable bonds is 4. The molecule has 8 heteroatoms. The maximum atomic E-state index is 12.3. The summed E-state index contributed by atoms with van der Waals surface area (Å²) in [7, 11) is -3.82. The Morgan fingerprint density at radius 2 is 1.86 bits per heavy atom. The molecular formula is C13H16N4O3S. The van der Waals surface area contributed by atoms with Gasteiger partial charge in [-0.15, -0.1) is 5.10 Å². The monoisotopic (exact) mass is 308 g/mol. The average Bonchev–Trinajstić information content (AvgIpc) is 2.43. The summed E-state index contributed by atoms with van der Waals surface area (Å²) in [5.41, 5.74) is 2.61. The number of hydrogen-bond donors (Lipinski definition) is 2. The van der Waals surface area contributed by atoms with E-state index in [1.165, 1.54) is 12.1 Å². The zero-order chi connectivity index (χ0) is 15.6. The highest BCUT2D eigenvalue weighted by atomic mass is 32.2. The quantitative estimate of drug-likeness (QED) is 0.876. The van der Waals surface area contributed by atoms with Crippen LogP contribution in [0.15, 0.2) is 23.1 Å². The van der Waals surface area contributed by atoms with Crippen molar-refractivity contribution < 1.29 is 13.5 Å². The maximum absolute atomic E-state index is 12.3. The summed E-state index contributed by atoms with van der Waals surface area (Å²) >= 11 is 0. The van der Waals surface area contributed by atoms with E-state index in [0.717, 1.165) is 5.56 Å². The smallest absolute Gasteiger partial charge is 0.264 e. The molecule has 0 spiro atoms. The summed E-state index contributed by atoms with van der Waals surface area (Å²) in [6.07, 6.45) is 0. The van der Waals surface area contributed by atoms with Crippen LogP contribution in [0, 0.1) is 20.8 Å². The predicted molar refractivity (Wildman–Crippen MR) is 77.2 cm³/mol. The van der Waals surface area contributed by atoms with Crippen LogP contribution < -0.4 is 4.72 Å². The minimum atomic E-state index is -3.82. The molecule has 112 valence electrons. The first-order valence-corrected chi connectivity index (χ1v) is 7.73. The molecule has 0 bridgehead atoms. The molecule has 0 fully saturated rings. The molecular weight excluding hydrogens is 292 g/mol. The molecule has 2 aromatic rings. The Morgan fingerprint density at radius 3 is 2.48 bits per heavy atom. The Labute approximate surface area is 123 Å². The van der Waals surface area contributed by atoms with E-state index in [4.69, 9.17) is 0 Å². The summed E-state index contributed by atoms with van der Waals surface area (Å²) in [6, 6.07) is 4.52. The van der Waals surface area contributed by atoms with Crippen molar-refractivity contribution in [1.29, 1.82) is 0 Å². The van der Waals surface area contributed by atoms with Crippen LogP contribution in [0.2, 0.25) is 0 Å². The molecule has 0 amide bonds. The summed E-state index contributed by atoms with van der Waals surface area (Å²) in [5.74, 6) is -0.0794. The molecule has 0 unspecified atom stereocenters. The van der Waals surface area contributed by atoms with Gasteiger partial charge in [-0.05, 0) is 44.0 Å². The second-order valence-corrected chi connectivity index (χ2v) is 6.34. The van der Waals surface area contributed by atoms with Crippen molar-refractivity contribution >= 4 is 16.0 Å². The third-order valence-corrected chi connectivity index (χ3v) is 4.44. The molecule has 0 radical (unpaired) electrons. The number of nitrogens with one attached hydrogen (secondary N) is 1. The lowest BCUT2D eigenvalue weighted by molar-refractivity contribution is 0.281. The zero-order valence-corrected chi connectivity index (χ0v) is 12.8. The Kier molecular flexibility index (Phi) is 4.19. The maximum Gasteiger partial charge on any atom is 0.264 e. The van der Waals surface area contributed by atoms with Crippen LogP contribution >= 0.6 is 0 Å². The van der Waals surface area contributed by atoms with Gasteiger partial charge in [0.1, 0.15) is 0 Å². The lowest BCUT2D eigenvalue weighted by Crippen LogP contribution is -2.16. The number of benzene rings is 1. The Hall–Kier alpha value is -2.06. The minimum Gasteiger partial charge on any atom is -0.392 e. The Balaban J connectivity index is 2.35. The Bertz CT molecular complexity index is 775. The topological polar surface area (TPSA) is 105 Å². The van der Waals surface area contributed by atoms with Crippen molar-refractivity contribution in [1.82, 2.24) is 15.2 Å². The molecule has 2 rings (SSSR count). The molecule has 0 atom stereocenters. The fraction of sp³-hybridized carbons (Fsp3) is 0.308. The van der Waals surface area contributed by atoms with E-state index < -0.39 is 10.0 Å². The van der Waals surface area contributed by atoms with Crippen LogP contribution in [0.5, 0.6) is 0 Å². The van der Waals surface area contributed by atoms with Crippen LogP contribution in [0.1, 0.15) is 22.5 Å². The number of anilines is 1. The second kappa shape index (κ2) is 5.74. The van der Waals surface area contributed by atoms with Crippen molar-refractivity contribution in [2.24, 2.45) is 0 Å². The van der Waals surface area contributed by atoms with Crippen molar-refractivity contribution in [2.45, 2.75) is 32.3 Å². The van der Waals surface area contributed by atoms with Crippen LogP contribution in [-0.4, -0.2) is 28.7 Å². The highest BCUT2D eigenvalue weighted by molar-refractivity contribution is 7.92. The number of nitrogens with zero attached hydrogens (tertiary/aromatic N) is 3. The van der Waals surface area contributed by atoms with Gasteiger partial charge in [0.2, 0.25) is 0 Å². The second-order valence-electron chi connectivity index (χ2n) is 4.66. The van der Waals surface area contributed by atoms with Crippen molar-refractivity contribution in [3.05, 3.63) is 40.7 Å². The average molecular weight is 308 g/mol. The van der Waals surface area contributed by atoms with E-state index in [-0.39, 0.29) is 17.5 Å². The predicted octanol–water partition coefficient (Wildman–Crippen LogP) is 1.09. The van der Waals surface area contributed by atoms with E-state index in [1.54, 1.807) is 26.8 Å². The van der Waals surface area contributed by atoms with Crippen molar-refractivity contribution in [2.75, 3.05) is 4.72 Å². The molecule has 0 saturated carbocycles. The highest BCUT2D eigenvalue weighted by Crippen LogP contribution is 2.18. The highest BCUT2D eigenvalue weighted by Gasteiger charge is 2.17. The molecule has 0 aliphatic carbocycles. The number of aliphatic hydroxyl groups is 1. The summed E-state index contributed by atoms with van der Waals surface area (Å²) in [6.45, 7) is 5.03. The first kappa shape index (κ1) is 15.3. The van der Waals surface area contributed by atoms with Gasteiger partial charge in [-0.25, -0.2) is 18.1 Å². The molecule has 1 aromatic heterocycles. The van der Waals surface area contributed by atoms with E-state index in [2.05, 4.69) is 19.9 Å². The third-order valence-electron chi connectivity index (χ3n) is 3.12. The molecule has 0 aliphatic heterocycles. The number of sulfonamides is 1. The third kappa shape index (κ3) is 3.34. The van der Waals surface area contributed by atoms with Gasteiger partial charge >= 0.3 is 0 Å².